The lowest BCUT2D eigenvalue weighted by Gasteiger charge is -2.16. The molecule has 0 saturated carbocycles. The van der Waals surface area contributed by atoms with Crippen LogP contribution in [0.15, 0.2) is 283 Å². The molecule has 0 radical (unpaired) electrons. The van der Waals surface area contributed by atoms with E-state index in [1.807, 2.05) is 6.07 Å². The predicted molar refractivity (Wildman–Crippen MR) is 347 cm³/mol. The van der Waals surface area contributed by atoms with Crippen molar-refractivity contribution in [1.29, 1.82) is 0 Å². The number of benzene rings is 13. The van der Waals surface area contributed by atoms with E-state index in [9.17, 15) is 0 Å². The van der Waals surface area contributed by atoms with Crippen molar-refractivity contribution in [2.24, 2.45) is 0 Å². The second kappa shape index (κ2) is 18.9. The molecule has 4 aromatic heterocycles. The molecule has 0 N–H and O–H groups in total. The summed E-state index contributed by atoms with van der Waals surface area (Å²) in [6.45, 7) is 0. The number of aromatic nitrogens is 4. The van der Waals surface area contributed by atoms with E-state index in [2.05, 4.69) is 278 Å². The molecular formula is C77H46N4OS. The SMILES string of the molecule is c1ccc(-c2ccc(-c3ccc(-c4cc5c(cc4-n4c6cc7ccccc7cc6c6cc7ccccc7cc64)oc4cccc(-c6nc(-c7ccc(-c8ccccc8)cc7)nc(-c7cccc8sc9ccccc9c78)n6)c45)cc3)cc2)cc1. The van der Waals surface area contributed by atoms with E-state index in [4.69, 9.17) is 19.4 Å². The lowest BCUT2D eigenvalue weighted by Crippen LogP contribution is -2.01. The summed E-state index contributed by atoms with van der Waals surface area (Å²) in [6, 6.07) is 100. The summed E-state index contributed by atoms with van der Waals surface area (Å²) >= 11 is 1.79. The van der Waals surface area contributed by atoms with E-state index in [0.717, 1.165) is 94.1 Å². The second-order valence-electron chi connectivity index (χ2n) is 21.5. The van der Waals surface area contributed by atoms with Crippen molar-refractivity contribution in [2.45, 2.75) is 0 Å². The topological polar surface area (TPSA) is 56.7 Å². The summed E-state index contributed by atoms with van der Waals surface area (Å²) in [4.78, 5) is 16.3. The Balaban J connectivity index is 0.902. The fourth-order valence-electron chi connectivity index (χ4n) is 12.6. The molecule has 0 atom stereocenters. The third-order valence-electron chi connectivity index (χ3n) is 16.6. The molecule has 4 heterocycles. The number of hydrogen-bond donors (Lipinski definition) is 0. The molecule has 0 unspecified atom stereocenters. The second-order valence-corrected chi connectivity index (χ2v) is 22.5. The minimum absolute atomic E-state index is 0.566. The third-order valence-corrected chi connectivity index (χ3v) is 17.8. The standard InChI is InChI=1S/C77H46N4OS/c1-3-15-47(16-4-1)49-29-31-51(32-30-49)52-33-37-53(38-34-52)62-45-65-70(46-68(62)81-66-43-57-21-9-7-19-55(57)41-63(66)64-42-56-20-8-10-22-58(56)44-67(64)81)82-69-26-13-24-60(73(65)69)76-78-75(54-39-35-50(36-40-54)48-17-5-2-6-18-48)79-77(80-76)61-25-14-28-72-74(61)59-23-11-12-27-71(59)83-72/h1-46H. The smallest absolute Gasteiger partial charge is 0.164 e. The molecule has 17 aromatic rings. The summed E-state index contributed by atoms with van der Waals surface area (Å²) in [5.41, 5.74) is 16.6. The van der Waals surface area contributed by atoms with Crippen molar-refractivity contribution in [1.82, 2.24) is 19.5 Å². The van der Waals surface area contributed by atoms with Gasteiger partial charge in [0, 0.05) is 70.0 Å². The van der Waals surface area contributed by atoms with Gasteiger partial charge in [0.1, 0.15) is 11.2 Å². The normalized spacial score (nSPS) is 11.9. The first-order valence-corrected chi connectivity index (χ1v) is 28.9. The molecule has 6 heteroatoms. The molecule has 0 aliphatic carbocycles. The van der Waals surface area contributed by atoms with Gasteiger partial charge in [0.15, 0.2) is 17.5 Å². The van der Waals surface area contributed by atoms with Crippen molar-refractivity contribution in [3.05, 3.63) is 279 Å². The van der Waals surface area contributed by atoms with Gasteiger partial charge < -0.3 is 8.98 Å². The van der Waals surface area contributed by atoms with Crippen LogP contribution in [0.4, 0.5) is 0 Å². The number of rotatable bonds is 8. The quantitative estimate of drug-likeness (QED) is 0.152. The number of fused-ring (bicyclic) bond motifs is 11. The van der Waals surface area contributed by atoms with Crippen LogP contribution in [0.3, 0.4) is 0 Å². The number of hydrogen-bond acceptors (Lipinski definition) is 5. The number of nitrogens with zero attached hydrogens (tertiary/aromatic N) is 4. The van der Waals surface area contributed by atoms with Gasteiger partial charge in [0.05, 0.1) is 16.7 Å². The highest BCUT2D eigenvalue weighted by Gasteiger charge is 2.24. The Bertz CT molecular complexity index is 5320. The molecule has 5 nitrogen and oxygen atoms in total. The molecule has 0 saturated heterocycles. The van der Waals surface area contributed by atoms with E-state index in [-0.39, 0.29) is 0 Å². The van der Waals surface area contributed by atoms with Crippen LogP contribution in [-0.4, -0.2) is 19.5 Å². The molecule has 0 bridgehead atoms. The molecule has 0 aliphatic rings. The van der Waals surface area contributed by atoms with Gasteiger partial charge in [-0.15, -0.1) is 11.3 Å². The highest BCUT2D eigenvalue weighted by molar-refractivity contribution is 7.25. The Morgan fingerprint density at radius 1 is 0.277 bits per heavy atom. The molecule has 13 aromatic carbocycles. The van der Waals surface area contributed by atoms with Gasteiger partial charge in [-0.1, -0.05) is 224 Å². The summed E-state index contributed by atoms with van der Waals surface area (Å²) in [6.07, 6.45) is 0. The maximum Gasteiger partial charge on any atom is 0.164 e. The van der Waals surface area contributed by atoms with Crippen molar-refractivity contribution in [3.8, 4) is 84.4 Å². The molecule has 0 fully saturated rings. The van der Waals surface area contributed by atoms with Crippen molar-refractivity contribution in [3.63, 3.8) is 0 Å². The highest BCUT2D eigenvalue weighted by Crippen LogP contribution is 2.46. The molecular weight excluding hydrogens is 1030 g/mol. The lowest BCUT2D eigenvalue weighted by atomic mass is 9.95. The van der Waals surface area contributed by atoms with E-state index in [1.54, 1.807) is 11.3 Å². The minimum atomic E-state index is 0.566. The molecule has 17 rings (SSSR count). The molecule has 0 aliphatic heterocycles. The van der Waals surface area contributed by atoms with Crippen LogP contribution in [0.25, 0.3) is 170 Å². The number of furan rings is 1. The van der Waals surface area contributed by atoms with Crippen molar-refractivity contribution >= 4 is 96.8 Å². The summed E-state index contributed by atoms with van der Waals surface area (Å²) in [5, 5.41) is 11.4. The van der Waals surface area contributed by atoms with Crippen LogP contribution >= 0.6 is 11.3 Å². The largest absolute Gasteiger partial charge is 0.456 e. The molecule has 0 spiro atoms. The van der Waals surface area contributed by atoms with Crippen molar-refractivity contribution in [2.75, 3.05) is 0 Å². The Labute approximate surface area is 481 Å². The monoisotopic (exact) mass is 1070 g/mol. The summed E-state index contributed by atoms with van der Waals surface area (Å²) in [5.74, 6) is 1.77. The van der Waals surface area contributed by atoms with Crippen LogP contribution in [0.5, 0.6) is 0 Å². The lowest BCUT2D eigenvalue weighted by molar-refractivity contribution is 0.668. The van der Waals surface area contributed by atoms with Crippen LogP contribution in [0, 0.1) is 0 Å². The molecule has 83 heavy (non-hydrogen) atoms. The first kappa shape index (κ1) is 47.1. The van der Waals surface area contributed by atoms with Gasteiger partial charge >= 0.3 is 0 Å². The predicted octanol–water partition coefficient (Wildman–Crippen LogP) is 21.2. The maximum atomic E-state index is 7.12. The van der Waals surface area contributed by atoms with Gasteiger partial charge in [-0.25, -0.2) is 15.0 Å². The Morgan fingerprint density at radius 2 is 0.723 bits per heavy atom. The van der Waals surface area contributed by atoms with Gasteiger partial charge in [-0.2, -0.15) is 0 Å². The van der Waals surface area contributed by atoms with E-state index >= 15 is 0 Å². The van der Waals surface area contributed by atoms with Crippen molar-refractivity contribution < 1.29 is 4.42 Å². The average Bonchev–Trinajstić information content (AvgIpc) is 2.89. The zero-order chi connectivity index (χ0) is 54.5. The van der Waals surface area contributed by atoms with Crippen LogP contribution < -0.4 is 0 Å². The Morgan fingerprint density at radius 3 is 1.30 bits per heavy atom. The third kappa shape index (κ3) is 7.87. The van der Waals surface area contributed by atoms with Crippen LogP contribution in [-0.2, 0) is 0 Å². The zero-order valence-electron chi connectivity index (χ0n) is 44.7. The summed E-state index contributed by atoms with van der Waals surface area (Å²) < 4.78 is 12.0. The van der Waals surface area contributed by atoms with Gasteiger partial charge in [0.2, 0.25) is 0 Å². The van der Waals surface area contributed by atoms with E-state index in [1.165, 1.54) is 58.2 Å². The zero-order valence-corrected chi connectivity index (χ0v) is 45.5. The maximum absolute atomic E-state index is 7.12. The first-order chi connectivity index (χ1) is 41.1. The Hall–Kier alpha value is -10.8. The molecule has 0 amide bonds. The average molecular weight is 1080 g/mol. The van der Waals surface area contributed by atoms with E-state index in [0.29, 0.717) is 17.5 Å². The number of thiophene rings is 1. The van der Waals surface area contributed by atoms with Gasteiger partial charge in [-0.05, 0) is 109 Å². The highest BCUT2D eigenvalue weighted by atomic mass is 32.1. The van der Waals surface area contributed by atoms with Crippen LogP contribution in [0.1, 0.15) is 0 Å². The minimum Gasteiger partial charge on any atom is -0.456 e. The fraction of sp³-hybridized carbons (Fsp3) is 0. The first-order valence-electron chi connectivity index (χ1n) is 28.0. The van der Waals surface area contributed by atoms with Gasteiger partial charge in [0.25, 0.3) is 0 Å². The van der Waals surface area contributed by atoms with Gasteiger partial charge in [-0.3, -0.25) is 0 Å². The van der Waals surface area contributed by atoms with E-state index < -0.39 is 0 Å². The fourth-order valence-corrected chi connectivity index (χ4v) is 13.7. The molecule has 386 valence electrons. The Kier molecular flexibility index (Phi) is 10.7. The summed E-state index contributed by atoms with van der Waals surface area (Å²) in [7, 11) is 0. The van der Waals surface area contributed by atoms with Crippen LogP contribution in [0.2, 0.25) is 0 Å².